The zero-order chi connectivity index (χ0) is 21.1. The molecule has 0 saturated carbocycles. The van der Waals surface area contributed by atoms with Crippen LogP contribution in [0.15, 0.2) is 73.8 Å². The summed E-state index contributed by atoms with van der Waals surface area (Å²) in [6.45, 7) is 3.48. The Morgan fingerprint density at radius 1 is 1.20 bits per heavy atom. The molecule has 0 radical (unpaired) electrons. The van der Waals surface area contributed by atoms with Gasteiger partial charge in [0.2, 0.25) is 5.91 Å². The van der Waals surface area contributed by atoms with Gasteiger partial charge in [-0.2, -0.15) is 0 Å². The first-order valence-corrected chi connectivity index (χ1v) is 9.34. The molecular weight excluding hydrogens is 386 g/mol. The maximum absolute atomic E-state index is 12.8. The van der Waals surface area contributed by atoms with E-state index in [9.17, 15) is 14.4 Å². The third kappa shape index (κ3) is 3.43. The Hall–Kier alpha value is -3.94. The van der Waals surface area contributed by atoms with Gasteiger partial charge in [0.15, 0.2) is 0 Å². The van der Waals surface area contributed by atoms with Gasteiger partial charge in [0.05, 0.1) is 18.2 Å². The van der Waals surface area contributed by atoms with Gasteiger partial charge < -0.3 is 9.47 Å². The van der Waals surface area contributed by atoms with Crippen LogP contribution >= 0.6 is 0 Å². The molecule has 152 valence electrons. The number of amides is 3. The zero-order valence-electron chi connectivity index (χ0n) is 16.0. The Kier molecular flexibility index (Phi) is 5.30. The van der Waals surface area contributed by atoms with Crippen LogP contribution in [0.5, 0.6) is 0 Å². The summed E-state index contributed by atoms with van der Waals surface area (Å²) in [6, 6.07) is 12.5. The van der Waals surface area contributed by atoms with Crippen LogP contribution in [-0.2, 0) is 14.3 Å². The maximum Gasteiger partial charge on any atom is 0.423 e. The normalized spacial score (nSPS) is 23.3. The first-order chi connectivity index (χ1) is 14.6. The fourth-order valence-corrected chi connectivity index (χ4v) is 3.65. The lowest BCUT2D eigenvalue weighted by Gasteiger charge is -2.48. The minimum atomic E-state index is -0.891. The Morgan fingerprint density at radius 2 is 2.00 bits per heavy atom. The molecule has 2 aromatic rings. The van der Waals surface area contributed by atoms with Crippen LogP contribution in [0.1, 0.15) is 17.2 Å². The zero-order valence-corrected chi connectivity index (χ0v) is 16.0. The van der Waals surface area contributed by atoms with Crippen molar-refractivity contribution in [3.05, 3.63) is 84.9 Å². The smallest absolute Gasteiger partial charge is 0.423 e. The monoisotopic (exact) mass is 405 g/mol. The second-order valence-electron chi connectivity index (χ2n) is 6.75. The van der Waals surface area contributed by atoms with Gasteiger partial charge in [0.25, 0.3) is 0 Å². The molecule has 0 bridgehead atoms. The number of hydrogen-bond acceptors (Lipinski definition) is 6. The average molecular weight is 405 g/mol. The molecule has 30 heavy (non-hydrogen) atoms. The second kappa shape index (κ2) is 8.20. The highest BCUT2D eigenvalue weighted by atomic mass is 16.6. The molecule has 2 fully saturated rings. The van der Waals surface area contributed by atoms with Crippen molar-refractivity contribution in [2.75, 3.05) is 6.61 Å². The van der Waals surface area contributed by atoms with Crippen molar-refractivity contribution in [2.24, 2.45) is 5.92 Å². The highest BCUT2D eigenvalue weighted by Gasteiger charge is 2.58. The molecule has 3 amide bonds. The Labute approximate surface area is 173 Å². The first-order valence-electron chi connectivity index (χ1n) is 9.34. The highest BCUT2D eigenvalue weighted by Crippen LogP contribution is 2.40. The third-order valence-corrected chi connectivity index (χ3v) is 5.05. The summed E-state index contributed by atoms with van der Waals surface area (Å²) in [4.78, 5) is 44.1. The summed E-state index contributed by atoms with van der Waals surface area (Å²) < 4.78 is 10.1. The lowest BCUT2D eigenvalue weighted by molar-refractivity contribution is -0.157. The van der Waals surface area contributed by atoms with E-state index in [1.807, 2.05) is 36.4 Å². The van der Waals surface area contributed by atoms with E-state index in [0.29, 0.717) is 0 Å². The van der Waals surface area contributed by atoms with E-state index >= 15 is 0 Å². The molecule has 4 rings (SSSR count). The molecule has 2 aliphatic rings. The van der Waals surface area contributed by atoms with E-state index in [-0.39, 0.29) is 6.61 Å². The number of hydrogen-bond donors (Lipinski definition) is 0. The second-order valence-corrected chi connectivity index (χ2v) is 6.75. The van der Waals surface area contributed by atoms with Crippen molar-refractivity contribution in [3.8, 4) is 0 Å². The fraction of sp³-hybridized carbons (Fsp3) is 0.182. The predicted molar refractivity (Wildman–Crippen MR) is 106 cm³/mol. The molecule has 2 saturated heterocycles. The molecular formula is C22H19N3O5. The van der Waals surface area contributed by atoms with Gasteiger partial charge in [0.1, 0.15) is 12.8 Å². The summed E-state index contributed by atoms with van der Waals surface area (Å²) in [7, 11) is 0. The SMILES string of the molecule is C=COC(=O)N1C(=O)[C@H](C=Cc2cccnc2)[C@@H]1N1C(=O)OC[C@@H]1c1ccccc1. The third-order valence-electron chi connectivity index (χ3n) is 5.05. The lowest BCUT2D eigenvalue weighted by Crippen LogP contribution is -2.69. The quantitative estimate of drug-likeness (QED) is 0.560. The van der Waals surface area contributed by atoms with Crippen LogP contribution in [0.4, 0.5) is 9.59 Å². The van der Waals surface area contributed by atoms with Gasteiger partial charge in [0, 0.05) is 12.4 Å². The summed E-state index contributed by atoms with van der Waals surface area (Å²) in [5.41, 5.74) is 1.63. The van der Waals surface area contributed by atoms with Crippen molar-refractivity contribution in [1.29, 1.82) is 0 Å². The molecule has 0 unspecified atom stereocenters. The molecule has 3 heterocycles. The Balaban J connectivity index is 1.68. The lowest BCUT2D eigenvalue weighted by atomic mass is 9.90. The standard InChI is InChI=1S/C22H19N3O5/c1-2-29-22(28)25-19(17(20(25)26)11-10-15-7-6-12-23-13-15)24-18(14-30-21(24)27)16-8-4-3-5-9-16/h2-13,17-19H,1,14H2/t17-,18-,19-/m1/s1. The molecule has 2 aliphatic heterocycles. The van der Waals surface area contributed by atoms with Gasteiger partial charge >= 0.3 is 12.2 Å². The van der Waals surface area contributed by atoms with Crippen LogP contribution in [0.25, 0.3) is 6.08 Å². The first kappa shape index (κ1) is 19.4. The number of likely N-dealkylation sites (tertiary alicyclic amines) is 1. The number of cyclic esters (lactones) is 1. The number of carbonyl (C=O) groups is 3. The van der Waals surface area contributed by atoms with E-state index in [4.69, 9.17) is 9.47 Å². The number of ether oxygens (including phenoxy) is 2. The Morgan fingerprint density at radius 3 is 2.70 bits per heavy atom. The van der Waals surface area contributed by atoms with Crippen molar-refractivity contribution >= 4 is 24.2 Å². The number of β-lactam (4-membered cyclic amide) rings is 1. The van der Waals surface area contributed by atoms with Crippen LogP contribution in [0, 0.1) is 5.92 Å². The van der Waals surface area contributed by atoms with Gasteiger partial charge in [-0.05, 0) is 17.2 Å². The Bertz CT molecular complexity index is 992. The van der Waals surface area contributed by atoms with Crippen molar-refractivity contribution in [3.63, 3.8) is 0 Å². The number of benzene rings is 1. The van der Waals surface area contributed by atoms with Gasteiger partial charge in [-0.3, -0.25) is 14.7 Å². The number of pyridine rings is 1. The average Bonchev–Trinajstić information content (AvgIpc) is 3.14. The van der Waals surface area contributed by atoms with E-state index in [0.717, 1.165) is 22.3 Å². The van der Waals surface area contributed by atoms with E-state index in [2.05, 4.69) is 11.6 Å². The summed E-state index contributed by atoms with van der Waals surface area (Å²) in [6.07, 6.45) is 5.27. The van der Waals surface area contributed by atoms with Crippen LogP contribution in [0.3, 0.4) is 0 Å². The van der Waals surface area contributed by atoms with Crippen molar-refractivity contribution < 1.29 is 23.9 Å². The summed E-state index contributed by atoms with van der Waals surface area (Å²) >= 11 is 0. The molecule has 1 aromatic heterocycles. The van der Waals surface area contributed by atoms with Crippen LogP contribution in [-0.4, -0.2) is 45.7 Å². The molecule has 1 aromatic carbocycles. The molecule has 3 atom stereocenters. The largest absolute Gasteiger partial charge is 0.447 e. The number of imide groups is 1. The number of aromatic nitrogens is 1. The van der Waals surface area contributed by atoms with E-state index in [1.54, 1.807) is 30.6 Å². The number of rotatable bonds is 5. The fourth-order valence-electron chi connectivity index (χ4n) is 3.65. The van der Waals surface area contributed by atoms with E-state index < -0.39 is 36.2 Å². The van der Waals surface area contributed by atoms with E-state index in [1.165, 1.54) is 4.90 Å². The molecule has 0 spiro atoms. The van der Waals surface area contributed by atoms with Gasteiger partial charge in [-0.1, -0.05) is 55.1 Å². The van der Waals surface area contributed by atoms with Crippen LogP contribution < -0.4 is 0 Å². The summed E-state index contributed by atoms with van der Waals surface area (Å²) in [5.74, 6) is -1.21. The van der Waals surface area contributed by atoms with Crippen molar-refractivity contribution in [2.45, 2.75) is 12.2 Å². The summed E-state index contributed by atoms with van der Waals surface area (Å²) in [5, 5.41) is 0. The number of nitrogens with zero attached hydrogens (tertiary/aromatic N) is 3. The minimum absolute atomic E-state index is 0.122. The molecule has 0 aliphatic carbocycles. The maximum atomic E-state index is 12.8. The molecule has 0 N–H and O–H groups in total. The van der Waals surface area contributed by atoms with Gasteiger partial charge in [-0.25, -0.2) is 14.5 Å². The highest BCUT2D eigenvalue weighted by molar-refractivity contribution is 6.01. The van der Waals surface area contributed by atoms with Gasteiger partial charge in [-0.15, -0.1) is 0 Å². The molecule has 8 heteroatoms. The topological polar surface area (TPSA) is 89.0 Å². The van der Waals surface area contributed by atoms with Crippen molar-refractivity contribution in [1.82, 2.24) is 14.8 Å². The molecule has 8 nitrogen and oxygen atoms in total. The number of carbonyl (C=O) groups excluding carboxylic acids is 3. The van der Waals surface area contributed by atoms with Crippen LogP contribution in [0.2, 0.25) is 0 Å². The minimum Gasteiger partial charge on any atom is -0.447 e. The predicted octanol–water partition coefficient (Wildman–Crippen LogP) is 3.35.